The molecule has 0 aliphatic rings. The van der Waals surface area contributed by atoms with Crippen molar-refractivity contribution >= 4 is 53.5 Å². The molecule has 0 saturated heterocycles. The van der Waals surface area contributed by atoms with Gasteiger partial charge in [0.15, 0.2) is 0 Å². The van der Waals surface area contributed by atoms with E-state index in [0.29, 0.717) is 34.2 Å². The normalized spacial score (nSPS) is 12.4. The number of aryl methyl sites for hydroxylation is 2. The minimum Gasteiger partial charge on any atom is -0.382 e. The molecule has 20 nitrogen and oxygen atoms in total. The Balaban J connectivity index is 0.000000172. The summed E-state index contributed by atoms with van der Waals surface area (Å²) in [5.74, 6) is 0.799. The minimum absolute atomic E-state index is 0.172. The molecule has 6 heterocycles. The molecular formula is C60H54N14O6S2. The smallest absolute Gasteiger partial charge is 0.261 e. The number of nitrogens with zero attached hydrogens (tertiary/aromatic N) is 6. The summed E-state index contributed by atoms with van der Waals surface area (Å²) in [5, 5.41) is 6.60. The second kappa shape index (κ2) is 23.4. The van der Waals surface area contributed by atoms with E-state index in [2.05, 4.69) is 50.0 Å². The van der Waals surface area contributed by atoms with E-state index in [4.69, 9.17) is 9.97 Å². The molecule has 12 aromatic rings. The number of aromatic amines is 4. The number of benzene rings is 6. The van der Waals surface area contributed by atoms with Crippen molar-refractivity contribution in [3.8, 4) is 34.2 Å². The Morgan fingerprint density at radius 1 is 0.500 bits per heavy atom. The Bertz CT molecular complexity index is 4230. The van der Waals surface area contributed by atoms with E-state index in [1.165, 1.54) is 0 Å². The number of aromatic nitrogens is 10. The third kappa shape index (κ3) is 11.8. The van der Waals surface area contributed by atoms with Gasteiger partial charge in [0.05, 0.1) is 68.0 Å². The molecule has 412 valence electrons. The summed E-state index contributed by atoms with van der Waals surface area (Å²) in [6.07, 6.45) is 13.7. The minimum atomic E-state index is -3.81. The van der Waals surface area contributed by atoms with Crippen LogP contribution in [0.1, 0.15) is 34.3 Å². The summed E-state index contributed by atoms with van der Waals surface area (Å²) >= 11 is 0. The number of rotatable bonds is 18. The second-order valence-electron chi connectivity index (χ2n) is 19.2. The van der Waals surface area contributed by atoms with Crippen LogP contribution in [0.2, 0.25) is 0 Å². The molecule has 82 heavy (non-hydrogen) atoms. The lowest BCUT2D eigenvalue weighted by Gasteiger charge is -2.21. The standard InChI is InChI=1S/2C30H27N7O3S/c2*1-20-16-22(37-15-14-31-19-37)17-25-28(20)35-29(34-25)27-24(12-13-32-30(27)38)33-18-26(21-8-4-2-5-9-21)36-41(39,40)23-10-6-3-7-11-23/h2*2-17,19,26,36H,18H2,1H3,(H,34,35)(H2,32,33,38)/t2*26-/m11/s1. The highest BCUT2D eigenvalue weighted by Gasteiger charge is 2.25. The summed E-state index contributed by atoms with van der Waals surface area (Å²) < 4.78 is 62.2. The summed E-state index contributed by atoms with van der Waals surface area (Å²) in [4.78, 5) is 56.4. The molecule has 0 aliphatic carbocycles. The van der Waals surface area contributed by atoms with E-state index < -0.39 is 32.1 Å². The van der Waals surface area contributed by atoms with Gasteiger partial charge >= 0.3 is 0 Å². The van der Waals surface area contributed by atoms with Crippen LogP contribution in [0, 0.1) is 13.8 Å². The maximum absolute atomic E-state index is 13.2. The number of imidazole rings is 4. The highest BCUT2D eigenvalue weighted by Crippen LogP contribution is 2.31. The summed E-state index contributed by atoms with van der Waals surface area (Å²) in [6, 6.07) is 45.2. The molecule has 0 amide bonds. The van der Waals surface area contributed by atoms with Crippen molar-refractivity contribution < 1.29 is 16.8 Å². The fraction of sp³-hybridized carbons (Fsp3) is 0.100. The van der Waals surface area contributed by atoms with Crippen molar-refractivity contribution in [1.82, 2.24) is 58.5 Å². The van der Waals surface area contributed by atoms with Crippen LogP contribution in [-0.4, -0.2) is 78.9 Å². The van der Waals surface area contributed by atoms with E-state index in [-0.39, 0.29) is 34.0 Å². The van der Waals surface area contributed by atoms with E-state index in [1.54, 1.807) is 110 Å². The zero-order valence-electron chi connectivity index (χ0n) is 44.1. The van der Waals surface area contributed by atoms with Crippen LogP contribution in [0.3, 0.4) is 0 Å². The number of fused-ring (bicyclic) bond motifs is 2. The highest BCUT2D eigenvalue weighted by molar-refractivity contribution is 7.89. The average Bonchev–Trinajstić information content (AvgIpc) is 4.40. The van der Waals surface area contributed by atoms with Crippen LogP contribution >= 0.6 is 0 Å². The molecule has 0 fully saturated rings. The summed E-state index contributed by atoms with van der Waals surface area (Å²) in [6.45, 7) is 4.28. The highest BCUT2D eigenvalue weighted by atomic mass is 32.2. The van der Waals surface area contributed by atoms with Crippen molar-refractivity contribution in [3.63, 3.8) is 0 Å². The number of hydrogen-bond acceptors (Lipinski definition) is 12. The molecule has 12 rings (SSSR count). The number of anilines is 2. The van der Waals surface area contributed by atoms with E-state index in [0.717, 1.165) is 55.7 Å². The summed E-state index contributed by atoms with van der Waals surface area (Å²) in [7, 11) is -7.62. The van der Waals surface area contributed by atoms with Crippen molar-refractivity contribution in [3.05, 3.63) is 251 Å². The SMILES string of the molecule is Cc1cc(-n2ccnc2)cc2[nH]c(-c3c(NC[C@@H](NS(=O)(=O)c4ccccc4)c4ccccc4)cc[nH]c3=O)nc12.Cc1cc(-n2ccnc2)cc2[nH]c(-c3c(NC[C@@H](NS(=O)(=O)c4ccccc4)c4ccccc4)cc[nH]c3=O)nc12. The number of sulfonamides is 2. The predicted molar refractivity (Wildman–Crippen MR) is 317 cm³/mol. The van der Waals surface area contributed by atoms with E-state index in [9.17, 15) is 26.4 Å². The number of hydrogen-bond donors (Lipinski definition) is 8. The molecule has 6 aromatic heterocycles. The van der Waals surface area contributed by atoms with Crippen molar-refractivity contribution in [2.75, 3.05) is 23.7 Å². The Morgan fingerprint density at radius 2 is 0.878 bits per heavy atom. The monoisotopic (exact) mass is 1130 g/mol. The van der Waals surface area contributed by atoms with Crippen molar-refractivity contribution in [2.45, 2.75) is 35.7 Å². The predicted octanol–water partition coefficient (Wildman–Crippen LogP) is 9.09. The number of H-pyrrole nitrogens is 4. The second-order valence-corrected chi connectivity index (χ2v) is 22.6. The fourth-order valence-electron chi connectivity index (χ4n) is 9.58. The molecular weight excluding hydrogens is 1080 g/mol. The lowest BCUT2D eigenvalue weighted by Crippen LogP contribution is -2.33. The lowest BCUT2D eigenvalue weighted by atomic mass is 10.1. The largest absolute Gasteiger partial charge is 0.382 e. The average molecular weight is 1130 g/mol. The number of nitrogens with one attached hydrogen (secondary N) is 8. The first-order valence-electron chi connectivity index (χ1n) is 25.9. The summed E-state index contributed by atoms with van der Waals surface area (Å²) in [5.41, 5.74) is 9.32. The van der Waals surface area contributed by atoms with Crippen LogP contribution in [0.5, 0.6) is 0 Å². The van der Waals surface area contributed by atoms with Crippen LogP contribution < -0.4 is 31.2 Å². The molecule has 6 aromatic carbocycles. The third-order valence-corrected chi connectivity index (χ3v) is 16.6. The van der Waals surface area contributed by atoms with Crippen LogP contribution in [0.4, 0.5) is 11.4 Å². The first-order chi connectivity index (χ1) is 39.8. The van der Waals surface area contributed by atoms with Gasteiger partial charge in [0, 0.05) is 61.6 Å². The zero-order valence-corrected chi connectivity index (χ0v) is 45.8. The van der Waals surface area contributed by atoms with E-state index in [1.807, 2.05) is 120 Å². The Kier molecular flexibility index (Phi) is 15.4. The Hall–Kier alpha value is -10.0. The van der Waals surface area contributed by atoms with Crippen molar-refractivity contribution in [1.29, 1.82) is 0 Å². The van der Waals surface area contributed by atoms with E-state index >= 15 is 0 Å². The molecule has 2 atom stereocenters. The molecule has 8 N–H and O–H groups in total. The van der Waals surface area contributed by atoms with Gasteiger partial charge in [-0.25, -0.2) is 46.2 Å². The van der Waals surface area contributed by atoms with Crippen LogP contribution in [0.25, 0.3) is 56.2 Å². The molecule has 0 saturated carbocycles. The first kappa shape index (κ1) is 54.0. The van der Waals surface area contributed by atoms with Gasteiger partial charge in [0.1, 0.15) is 22.8 Å². The fourth-order valence-corrected chi connectivity index (χ4v) is 12.1. The van der Waals surface area contributed by atoms with Gasteiger partial charge in [-0.05, 0) is 96.8 Å². The van der Waals surface area contributed by atoms with Crippen LogP contribution in [-0.2, 0) is 20.0 Å². The number of pyridine rings is 2. The maximum Gasteiger partial charge on any atom is 0.261 e. The van der Waals surface area contributed by atoms with Gasteiger partial charge in [0.2, 0.25) is 20.0 Å². The molecule has 0 spiro atoms. The topological polar surface area (TPSA) is 275 Å². The molecule has 22 heteroatoms. The quantitative estimate of drug-likeness (QED) is 0.0400. The van der Waals surface area contributed by atoms with Gasteiger partial charge in [0.25, 0.3) is 11.1 Å². The Morgan fingerprint density at radius 3 is 1.24 bits per heavy atom. The van der Waals surface area contributed by atoms with Crippen LogP contribution in [0.15, 0.2) is 227 Å². The van der Waals surface area contributed by atoms with Gasteiger partial charge in [-0.15, -0.1) is 0 Å². The third-order valence-electron chi connectivity index (χ3n) is 13.6. The van der Waals surface area contributed by atoms with Gasteiger partial charge < -0.3 is 39.7 Å². The van der Waals surface area contributed by atoms with Gasteiger partial charge in [-0.2, -0.15) is 0 Å². The van der Waals surface area contributed by atoms with Gasteiger partial charge in [-0.1, -0.05) is 97.1 Å². The maximum atomic E-state index is 13.2. The first-order valence-corrected chi connectivity index (χ1v) is 28.9. The zero-order chi connectivity index (χ0) is 56.8. The lowest BCUT2D eigenvalue weighted by molar-refractivity contribution is 0.560. The molecule has 0 aliphatic heterocycles. The molecule has 0 bridgehead atoms. The molecule has 0 radical (unpaired) electrons. The van der Waals surface area contributed by atoms with Crippen molar-refractivity contribution in [2.24, 2.45) is 0 Å². The van der Waals surface area contributed by atoms with Gasteiger partial charge in [-0.3, -0.25) is 9.59 Å². The molecule has 0 unspecified atom stereocenters. The Labute approximate surface area is 470 Å².